The van der Waals surface area contributed by atoms with Crippen molar-refractivity contribution < 1.29 is 4.79 Å². The second kappa shape index (κ2) is 2.90. The Morgan fingerprint density at radius 2 is 1.92 bits per heavy atom. The summed E-state index contributed by atoms with van der Waals surface area (Å²) >= 11 is 5.08. The van der Waals surface area contributed by atoms with Crippen LogP contribution in [-0.2, 0) is 4.79 Å². The fourth-order valence-electron chi connectivity index (χ4n) is 1.57. The Bertz CT molecular complexity index is 207. The fraction of sp³-hybridized carbons (Fsp3) is 0.714. The number of thiocarbonyl (C=S) groups is 1. The zero-order valence-electron chi connectivity index (χ0n) is 6.75. The monoisotopic (exact) mass is 185 g/mol. The van der Waals surface area contributed by atoms with Gasteiger partial charge in [0.2, 0.25) is 0 Å². The van der Waals surface area contributed by atoms with Crippen LogP contribution in [-0.4, -0.2) is 40.7 Å². The zero-order valence-corrected chi connectivity index (χ0v) is 7.56. The van der Waals surface area contributed by atoms with Gasteiger partial charge < -0.3 is 5.32 Å². The second-order valence-corrected chi connectivity index (χ2v) is 3.39. The van der Waals surface area contributed by atoms with Gasteiger partial charge in [0.25, 0.3) is 5.91 Å². The molecule has 0 aromatic carbocycles. The van der Waals surface area contributed by atoms with E-state index in [1.807, 2.05) is 5.01 Å². The topological polar surface area (TPSA) is 35.6 Å². The number of hydrazine groups is 1. The lowest BCUT2D eigenvalue weighted by Crippen LogP contribution is -2.63. The molecule has 66 valence electrons. The summed E-state index contributed by atoms with van der Waals surface area (Å²) in [5.74, 6) is 0.128. The highest BCUT2D eigenvalue weighted by molar-refractivity contribution is 7.80. The van der Waals surface area contributed by atoms with Crippen molar-refractivity contribution in [3.63, 3.8) is 0 Å². The average Bonchev–Trinajstić information content (AvgIpc) is 2.12. The summed E-state index contributed by atoms with van der Waals surface area (Å²) in [7, 11) is 0. The van der Waals surface area contributed by atoms with Gasteiger partial charge in [-0.05, 0) is 25.1 Å². The summed E-state index contributed by atoms with van der Waals surface area (Å²) in [5, 5.41) is 7.20. The summed E-state index contributed by atoms with van der Waals surface area (Å²) < 4.78 is 0. The predicted octanol–water partition coefficient (Wildman–Crippen LogP) is -0.286. The van der Waals surface area contributed by atoms with Crippen LogP contribution in [0.4, 0.5) is 0 Å². The van der Waals surface area contributed by atoms with Crippen molar-refractivity contribution in [3.8, 4) is 0 Å². The molecule has 0 aromatic heterocycles. The van der Waals surface area contributed by atoms with Crippen LogP contribution in [0, 0.1) is 0 Å². The molecule has 2 fully saturated rings. The molecule has 0 atom stereocenters. The normalized spacial score (nSPS) is 23.7. The Morgan fingerprint density at radius 3 is 2.58 bits per heavy atom. The SMILES string of the molecule is O=C1CNC(=S)N2CCCCN12. The van der Waals surface area contributed by atoms with Gasteiger partial charge >= 0.3 is 0 Å². The number of nitrogens with zero attached hydrogens (tertiary/aromatic N) is 2. The van der Waals surface area contributed by atoms with Crippen molar-refractivity contribution in [2.75, 3.05) is 19.6 Å². The van der Waals surface area contributed by atoms with Crippen LogP contribution >= 0.6 is 12.2 Å². The zero-order chi connectivity index (χ0) is 8.55. The summed E-state index contributed by atoms with van der Waals surface area (Å²) in [6, 6.07) is 0. The van der Waals surface area contributed by atoms with Gasteiger partial charge in [0, 0.05) is 13.1 Å². The molecule has 12 heavy (non-hydrogen) atoms. The van der Waals surface area contributed by atoms with Gasteiger partial charge in [0.05, 0.1) is 6.54 Å². The highest BCUT2D eigenvalue weighted by atomic mass is 32.1. The summed E-state index contributed by atoms with van der Waals surface area (Å²) in [6.07, 6.45) is 2.20. The minimum Gasteiger partial charge on any atom is -0.352 e. The second-order valence-electron chi connectivity index (χ2n) is 3.01. The van der Waals surface area contributed by atoms with Crippen LogP contribution in [0.2, 0.25) is 0 Å². The number of amides is 1. The van der Waals surface area contributed by atoms with Crippen molar-refractivity contribution in [1.29, 1.82) is 0 Å². The van der Waals surface area contributed by atoms with Gasteiger partial charge in [-0.25, -0.2) is 0 Å². The molecule has 0 aromatic rings. The van der Waals surface area contributed by atoms with Crippen molar-refractivity contribution in [3.05, 3.63) is 0 Å². The van der Waals surface area contributed by atoms with E-state index in [9.17, 15) is 4.79 Å². The maximum atomic E-state index is 11.3. The number of rotatable bonds is 0. The molecule has 0 radical (unpaired) electrons. The molecule has 2 saturated heterocycles. The Kier molecular flexibility index (Phi) is 1.88. The number of carbonyl (C=O) groups excluding carboxylic acids is 1. The molecule has 0 bridgehead atoms. The highest BCUT2D eigenvalue weighted by Gasteiger charge is 2.30. The maximum Gasteiger partial charge on any atom is 0.260 e. The molecule has 0 unspecified atom stereocenters. The van der Waals surface area contributed by atoms with E-state index in [-0.39, 0.29) is 5.91 Å². The van der Waals surface area contributed by atoms with E-state index in [1.165, 1.54) is 0 Å². The molecule has 4 nitrogen and oxygen atoms in total. The number of hydrogen-bond acceptors (Lipinski definition) is 2. The quantitative estimate of drug-likeness (QED) is 0.526. The van der Waals surface area contributed by atoms with Crippen LogP contribution in [0.15, 0.2) is 0 Å². The van der Waals surface area contributed by atoms with E-state index in [0.29, 0.717) is 11.7 Å². The third-order valence-electron chi connectivity index (χ3n) is 2.19. The van der Waals surface area contributed by atoms with Gasteiger partial charge in [-0.3, -0.25) is 14.8 Å². The molecule has 5 heteroatoms. The Balaban J connectivity index is 2.16. The van der Waals surface area contributed by atoms with Crippen LogP contribution in [0.5, 0.6) is 0 Å². The standard InChI is InChI=1S/C7H11N3OS/c11-6-5-8-7(12)10-4-2-1-3-9(6)10/h1-5H2,(H,8,12). The number of nitrogens with one attached hydrogen (secondary N) is 1. The van der Waals surface area contributed by atoms with Crippen molar-refractivity contribution >= 4 is 23.2 Å². The lowest BCUT2D eigenvalue weighted by Gasteiger charge is -2.43. The number of hydrogen-bond donors (Lipinski definition) is 1. The lowest BCUT2D eigenvalue weighted by atomic mass is 10.2. The van der Waals surface area contributed by atoms with Crippen LogP contribution in [0.3, 0.4) is 0 Å². The fourth-order valence-corrected chi connectivity index (χ4v) is 1.83. The van der Waals surface area contributed by atoms with Crippen LogP contribution in [0.25, 0.3) is 0 Å². The van der Waals surface area contributed by atoms with Gasteiger partial charge in [-0.1, -0.05) is 0 Å². The molecule has 2 aliphatic heterocycles. The third-order valence-corrected chi connectivity index (χ3v) is 2.55. The van der Waals surface area contributed by atoms with E-state index in [1.54, 1.807) is 5.01 Å². The molecule has 0 saturated carbocycles. The molecular weight excluding hydrogens is 174 g/mol. The van der Waals surface area contributed by atoms with Crippen LogP contribution < -0.4 is 5.32 Å². The van der Waals surface area contributed by atoms with E-state index in [2.05, 4.69) is 5.32 Å². The summed E-state index contributed by atoms with van der Waals surface area (Å²) in [4.78, 5) is 11.3. The molecule has 0 aliphatic carbocycles. The van der Waals surface area contributed by atoms with E-state index in [4.69, 9.17) is 12.2 Å². The average molecular weight is 185 g/mol. The Labute approximate surface area is 76.5 Å². The van der Waals surface area contributed by atoms with E-state index >= 15 is 0 Å². The number of fused-ring (bicyclic) bond motifs is 1. The maximum absolute atomic E-state index is 11.3. The van der Waals surface area contributed by atoms with Gasteiger partial charge in [-0.2, -0.15) is 0 Å². The van der Waals surface area contributed by atoms with Gasteiger partial charge in [0.1, 0.15) is 0 Å². The summed E-state index contributed by atoms with van der Waals surface area (Å²) in [5.41, 5.74) is 0. The van der Waals surface area contributed by atoms with Crippen molar-refractivity contribution in [1.82, 2.24) is 15.3 Å². The van der Waals surface area contributed by atoms with Crippen molar-refractivity contribution in [2.24, 2.45) is 0 Å². The Hall–Kier alpha value is -0.840. The van der Waals surface area contributed by atoms with Crippen molar-refractivity contribution in [2.45, 2.75) is 12.8 Å². The minimum absolute atomic E-state index is 0.128. The lowest BCUT2D eigenvalue weighted by molar-refractivity contribution is -0.146. The van der Waals surface area contributed by atoms with Gasteiger partial charge in [0.15, 0.2) is 5.11 Å². The largest absolute Gasteiger partial charge is 0.352 e. The first kappa shape index (κ1) is 7.79. The number of carbonyl (C=O) groups is 1. The smallest absolute Gasteiger partial charge is 0.260 e. The predicted molar refractivity (Wildman–Crippen MR) is 48.3 cm³/mol. The molecule has 2 rings (SSSR count). The molecule has 1 N–H and O–H groups in total. The first-order valence-corrected chi connectivity index (χ1v) is 4.55. The molecule has 2 aliphatic rings. The first-order chi connectivity index (χ1) is 5.79. The molecule has 0 spiro atoms. The molecular formula is C7H11N3OS. The Morgan fingerprint density at radius 1 is 1.25 bits per heavy atom. The van der Waals surface area contributed by atoms with Gasteiger partial charge in [-0.15, -0.1) is 0 Å². The van der Waals surface area contributed by atoms with E-state index in [0.717, 1.165) is 25.9 Å². The highest BCUT2D eigenvalue weighted by Crippen LogP contribution is 2.13. The third kappa shape index (κ3) is 1.14. The van der Waals surface area contributed by atoms with Crippen LogP contribution in [0.1, 0.15) is 12.8 Å². The first-order valence-electron chi connectivity index (χ1n) is 4.15. The molecule has 2 heterocycles. The molecule has 1 amide bonds. The summed E-state index contributed by atoms with van der Waals surface area (Å²) in [6.45, 7) is 2.05. The van der Waals surface area contributed by atoms with E-state index < -0.39 is 0 Å². The minimum atomic E-state index is 0.128.